The number of carboxylic acid groups (broad SMARTS) is 1. The Balaban J connectivity index is 2.72. The van der Waals surface area contributed by atoms with E-state index in [1.807, 2.05) is 20.8 Å². The average Bonchev–Trinajstić information content (AvgIpc) is 2.71. The number of aromatic carboxylic acids is 1. The molecule has 5 nitrogen and oxygen atoms in total. The third-order valence-electron chi connectivity index (χ3n) is 2.68. The normalized spacial score (nSPS) is 11.7. The number of rotatable bonds is 2. The predicted molar refractivity (Wildman–Crippen MR) is 72.0 cm³/mol. The van der Waals surface area contributed by atoms with E-state index in [9.17, 15) is 14.3 Å². The molecule has 0 amide bonds. The maximum atomic E-state index is 13.4. The molecule has 20 heavy (non-hydrogen) atoms. The van der Waals surface area contributed by atoms with Gasteiger partial charge in [-0.3, -0.25) is 0 Å². The lowest BCUT2D eigenvalue weighted by atomic mass is 9.90. The smallest absolute Gasteiger partial charge is 0.358 e. The van der Waals surface area contributed by atoms with Crippen molar-refractivity contribution in [2.45, 2.75) is 26.2 Å². The first-order valence-corrected chi connectivity index (χ1v) is 6.24. The van der Waals surface area contributed by atoms with E-state index < -0.39 is 17.2 Å². The highest BCUT2D eigenvalue weighted by Crippen LogP contribution is 2.28. The number of carbonyl (C=O) groups is 1. The molecule has 0 unspecified atom stereocenters. The Bertz CT molecular complexity index is 656. The standard InChI is InChI=1S/C13H13ClFN3O2/c1-13(2,3)11-10(12(19)20)16-17-18(11)9-5-7(14)4-8(15)6-9/h4-6H,1-3H3,(H,19,20). The minimum Gasteiger partial charge on any atom is -0.476 e. The summed E-state index contributed by atoms with van der Waals surface area (Å²) < 4.78 is 14.7. The lowest BCUT2D eigenvalue weighted by Gasteiger charge is -2.20. The van der Waals surface area contributed by atoms with Gasteiger partial charge in [0.25, 0.3) is 0 Å². The summed E-state index contributed by atoms with van der Waals surface area (Å²) in [7, 11) is 0. The van der Waals surface area contributed by atoms with Crippen molar-refractivity contribution in [3.8, 4) is 5.69 Å². The third kappa shape index (κ3) is 2.65. The quantitative estimate of drug-likeness (QED) is 0.925. The zero-order chi connectivity index (χ0) is 15.1. The van der Waals surface area contributed by atoms with Crippen molar-refractivity contribution in [2.75, 3.05) is 0 Å². The van der Waals surface area contributed by atoms with Gasteiger partial charge >= 0.3 is 5.97 Å². The van der Waals surface area contributed by atoms with Gasteiger partial charge in [-0.25, -0.2) is 13.9 Å². The predicted octanol–water partition coefficient (Wildman–Crippen LogP) is 3.06. The maximum absolute atomic E-state index is 13.4. The van der Waals surface area contributed by atoms with Gasteiger partial charge in [0.2, 0.25) is 0 Å². The largest absolute Gasteiger partial charge is 0.476 e. The number of carboxylic acids is 1. The van der Waals surface area contributed by atoms with E-state index in [-0.39, 0.29) is 10.7 Å². The van der Waals surface area contributed by atoms with Gasteiger partial charge in [0.15, 0.2) is 5.69 Å². The number of aromatic nitrogens is 3. The van der Waals surface area contributed by atoms with Crippen molar-refractivity contribution >= 4 is 17.6 Å². The summed E-state index contributed by atoms with van der Waals surface area (Å²) >= 11 is 5.82. The van der Waals surface area contributed by atoms with Gasteiger partial charge in [-0.15, -0.1) is 5.10 Å². The summed E-state index contributed by atoms with van der Waals surface area (Å²) in [6, 6.07) is 3.89. The molecule has 0 aliphatic carbocycles. The van der Waals surface area contributed by atoms with Crippen LogP contribution in [0.15, 0.2) is 18.2 Å². The Kier molecular flexibility index (Phi) is 3.52. The van der Waals surface area contributed by atoms with Crippen molar-refractivity contribution in [1.29, 1.82) is 0 Å². The van der Waals surface area contributed by atoms with Gasteiger partial charge in [-0.1, -0.05) is 37.6 Å². The van der Waals surface area contributed by atoms with Crippen molar-refractivity contribution < 1.29 is 14.3 Å². The first-order chi connectivity index (χ1) is 9.20. The molecule has 0 saturated carbocycles. The summed E-state index contributed by atoms with van der Waals surface area (Å²) in [5.41, 5.74) is 0.0280. The van der Waals surface area contributed by atoms with Crippen molar-refractivity contribution in [1.82, 2.24) is 15.0 Å². The summed E-state index contributed by atoms with van der Waals surface area (Å²) in [5, 5.41) is 16.9. The van der Waals surface area contributed by atoms with Crippen LogP contribution in [0.4, 0.5) is 4.39 Å². The van der Waals surface area contributed by atoms with E-state index in [1.165, 1.54) is 16.8 Å². The van der Waals surface area contributed by atoms with Crippen LogP contribution in [0.25, 0.3) is 5.69 Å². The van der Waals surface area contributed by atoms with Crippen LogP contribution in [0.3, 0.4) is 0 Å². The van der Waals surface area contributed by atoms with Crippen LogP contribution in [0, 0.1) is 5.82 Å². The molecular weight excluding hydrogens is 285 g/mol. The molecule has 2 rings (SSSR count). The molecule has 0 aliphatic rings. The minimum atomic E-state index is -1.18. The molecule has 0 saturated heterocycles. The average molecular weight is 298 g/mol. The fraction of sp³-hybridized carbons (Fsp3) is 0.308. The summed E-state index contributed by atoms with van der Waals surface area (Å²) in [6.45, 7) is 5.49. The highest BCUT2D eigenvalue weighted by molar-refractivity contribution is 6.30. The molecule has 1 aromatic heterocycles. The molecule has 0 fully saturated rings. The Morgan fingerprint density at radius 2 is 2.00 bits per heavy atom. The van der Waals surface area contributed by atoms with Gasteiger partial charge in [-0.05, 0) is 18.2 Å². The molecule has 0 aliphatic heterocycles. The van der Waals surface area contributed by atoms with E-state index in [4.69, 9.17) is 11.6 Å². The molecule has 1 aromatic carbocycles. The number of hydrogen-bond acceptors (Lipinski definition) is 3. The number of halogens is 2. The van der Waals surface area contributed by atoms with Crippen LogP contribution < -0.4 is 0 Å². The first kappa shape index (κ1) is 14.5. The Labute approximate surface area is 120 Å². The lowest BCUT2D eigenvalue weighted by Crippen LogP contribution is -2.21. The fourth-order valence-corrected chi connectivity index (χ4v) is 2.16. The molecule has 0 bridgehead atoms. The van der Waals surface area contributed by atoms with Gasteiger partial charge in [0.05, 0.1) is 11.4 Å². The molecule has 0 radical (unpaired) electrons. The molecule has 7 heteroatoms. The molecule has 1 N–H and O–H groups in total. The van der Waals surface area contributed by atoms with Crippen molar-refractivity contribution in [2.24, 2.45) is 0 Å². The fourth-order valence-electron chi connectivity index (χ4n) is 1.94. The monoisotopic (exact) mass is 297 g/mol. The number of nitrogens with zero attached hydrogens (tertiary/aromatic N) is 3. The van der Waals surface area contributed by atoms with Gasteiger partial charge in [-0.2, -0.15) is 0 Å². The summed E-state index contributed by atoms with van der Waals surface area (Å²) in [4.78, 5) is 11.2. The summed E-state index contributed by atoms with van der Waals surface area (Å²) in [6.07, 6.45) is 0. The van der Waals surface area contributed by atoms with Gasteiger partial charge in [0, 0.05) is 10.4 Å². The van der Waals surface area contributed by atoms with E-state index in [2.05, 4.69) is 10.3 Å². The zero-order valence-electron chi connectivity index (χ0n) is 11.2. The molecule has 1 heterocycles. The van der Waals surface area contributed by atoms with Crippen LogP contribution >= 0.6 is 11.6 Å². The van der Waals surface area contributed by atoms with Crippen LogP contribution in [0.2, 0.25) is 5.02 Å². The zero-order valence-corrected chi connectivity index (χ0v) is 11.9. The molecule has 106 valence electrons. The van der Waals surface area contributed by atoms with Crippen LogP contribution in [0.1, 0.15) is 37.0 Å². The second-order valence-corrected chi connectivity index (χ2v) is 5.82. The topological polar surface area (TPSA) is 68.0 Å². The van der Waals surface area contributed by atoms with Gasteiger partial charge < -0.3 is 5.11 Å². The van der Waals surface area contributed by atoms with Crippen LogP contribution in [-0.4, -0.2) is 26.1 Å². The van der Waals surface area contributed by atoms with Crippen LogP contribution in [-0.2, 0) is 5.41 Å². The van der Waals surface area contributed by atoms with E-state index in [0.717, 1.165) is 6.07 Å². The van der Waals surface area contributed by atoms with Gasteiger partial charge in [0.1, 0.15) is 5.82 Å². The van der Waals surface area contributed by atoms with Crippen molar-refractivity contribution in [3.63, 3.8) is 0 Å². The first-order valence-electron chi connectivity index (χ1n) is 5.86. The van der Waals surface area contributed by atoms with Crippen molar-refractivity contribution in [3.05, 3.63) is 40.4 Å². The Morgan fingerprint density at radius 1 is 1.35 bits per heavy atom. The second-order valence-electron chi connectivity index (χ2n) is 5.38. The number of benzene rings is 1. The Morgan fingerprint density at radius 3 is 2.50 bits per heavy atom. The van der Waals surface area contributed by atoms with Crippen LogP contribution in [0.5, 0.6) is 0 Å². The summed E-state index contributed by atoms with van der Waals surface area (Å²) in [5.74, 6) is -1.71. The van der Waals surface area contributed by atoms with E-state index >= 15 is 0 Å². The maximum Gasteiger partial charge on any atom is 0.358 e. The lowest BCUT2D eigenvalue weighted by molar-refractivity contribution is 0.0687. The minimum absolute atomic E-state index is 0.155. The number of hydrogen-bond donors (Lipinski definition) is 1. The van der Waals surface area contributed by atoms with E-state index in [0.29, 0.717) is 11.4 Å². The second kappa shape index (κ2) is 4.86. The Hall–Kier alpha value is -1.95. The molecule has 2 aromatic rings. The third-order valence-corrected chi connectivity index (χ3v) is 2.89. The molecule has 0 atom stereocenters. The molecular formula is C13H13ClFN3O2. The molecule has 0 spiro atoms. The highest BCUT2D eigenvalue weighted by Gasteiger charge is 2.29. The highest BCUT2D eigenvalue weighted by atomic mass is 35.5. The SMILES string of the molecule is CC(C)(C)c1c(C(=O)O)nnn1-c1cc(F)cc(Cl)c1. The van der Waals surface area contributed by atoms with E-state index in [1.54, 1.807) is 0 Å².